The van der Waals surface area contributed by atoms with Crippen LogP contribution in [0.5, 0.6) is 5.75 Å². The van der Waals surface area contributed by atoms with Crippen LogP contribution in [0.4, 0.5) is 4.39 Å². The first-order chi connectivity index (χ1) is 13.5. The molecular weight excluding hydrogens is 355 g/mol. The Kier molecular flexibility index (Phi) is 7.04. The minimum Gasteiger partial charge on any atom is -0.494 e. The fraction of sp³-hybridized carbons (Fsp3) is 0.435. The highest BCUT2D eigenvalue weighted by Gasteiger charge is 2.20. The average molecular weight is 384 g/mol. The number of amides is 1. The Bertz CT molecular complexity index is 801. The van der Waals surface area contributed by atoms with Crippen molar-refractivity contribution in [2.75, 3.05) is 20.2 Å². The van der Waals surface area contributed by atoms with Crippen LogP contribution in [0.2, 0.25) is 0 Å². The van der Waals surface area contributed by atoms with Crippen molar-refractivity contribution in [2.45, 2.75) is 45.2 Å². The van der Waals surface area contributed by atoms with E-state index in [1.54, 1.807) is 12.1 Å². The summed E-state index contributed by atoms with van der Waals surface area (Å²) in [6.45, 7) is 5.06. The molecule has 0 unspecified atom stereocenters. The molecule has 1 N–H and O–H groups in total. The fourth-order valence-electron chi connectivity index (χ4n) is 3.73. The largest absolute Gasteiger partial charge is 0.494 e. The van der Waals surface area contributed by atoms with Crippen molar-refractivity contribution in [3.8, 4) is 5.75 Å². The van der Waals surface area contributed by atoms with Gasteiger partial charge in [0, 0.05) is 32.1 Å². The third-order valence-electron chi connectivity index (χ3n) is 5.30. The first kappa shape index (κ1) is 20.3. The first-order valence-electron chi connectivity index (χ1n) is 9.93. The van der Waals surface area contributed by atoms with E-state index in [0.29, 0.717) is 12.8 Å². The van der Waals surface area contributed by atoms with Gasteiger partial charge in [0.15, 0.2) is 11.6 Å². The number of aryl methyl sites for hydroxylation is 2. The molecule has 1 heterocycles. The Hall–Kier alpha value is -2.40. The molecule has 4 nitrogen and oxygen atoms in total. The fourth-order valence-corrected chi connectivity index (χ4v) is 3.73. The van der Waals surface area contributed by atoms with Gasteiger partial charge in [-0.3, -0.25) is 9.69 Å². The lowest BCUT2D eigenvalue weighted by Gasteiger charge is -2.32. The highest BCUT2D eigenvalue weighted by atomic mass is 19.1. The van der Waals surface area contributed by atoms with Crippen molar-refractivity contribution >= 4 is 5.91 Å². The van der Waals surface area contributed by atoms with E-state index in [-0.39, 0.29) is 23.5 Å². The lowest BCUT2D eigenvalue weighted by Crippen LogP contribution is -2.44. The number of halogens is 1. The van der Waals surface area contributed by atoms with Crippen LogP contribution in [0.25, 0.3) is 0 Å². The molecule has 1 aliphatic heterocycles. The summed E-state index contributed by atoms with van der Waals surface area (Å²) in [5.41, 5.74) is 3.44. The molecule has 0 spiro atoms. The average Bonchev–Trinajstić information content (AvgIpc) is 2.68. The number of likely N-dealkylation sites (tertiary alicyclic amines) is 1. The number of nitrogens with one attached hydrogen (secondary N) is 1. The Labute approximate surface area is 166 Å². The Morgan fingerprint density at radius 2 is 1.96 bits per heavy atom. The molecule has 0 saturated carbocycles. The van der Waals surface area contributed by atoms with Gasteiger partial charge in [-0.15, -0.1) is 0 Å². The van der Waals surface area contributed by atoms with Gasteiger partial charge in [-0.05, 0) is 49.4 Å². The number of hydrogen-bond donors (Lipinski definition) is 1. The van der Waals surface area contributed by atoms with Gasteiger partial charge in [-0.1, -0.05) is 35.9 Å². The zero-order chi connectivity index (χ0) is 19.9. The second kappa shape index (κ2) is 9.69. The molecular formula is C23H29FN2O2. The van der Waals surface area contributed by atoms with E-state index < -0.39 is 0 Å². The number of nitrogens with zero attached hydrogens (tertiary/aromatic N) is 1. The molecule has 0 aliphatic carbocycles. The highest BCUT2D eigenvalue weighted by molar-refractivity contribution is 5.76. The summed E-state index contributed by atoms with van der Waals surface area (Å²) in [6.07, 6.45) is 2.83. The number of carbonyl (C=O) groups excluding carboxylic acids is 1. The number of methoxy groups -OCH3 is 1. The van der Waals surface area contributed by atoms with E-state index >= 15 is 0 Å². The minimum absolute atomic E-state index is 0.0355. The molecule has 0 aromatic heterocycles. The Morgan fingerprint density at radius 3 is 2.64 bits per heavy atom. The molecule has 1 amide bonds. The lowest BCUT2D eigenvalue weighted by molar-refractivity contribution is -0.122. The molecule has 2 aromatic rings. The normalized spacial score (nSPS) is 15.4. The lowest BCUT2D eigenvalue weighted by atomic mass is 10.0. The Balaban J connectivity index is 1.39. The van der Waals surface area contributed by atoms with Crippen molar-refractivity contribution in [3.05, 3.63) is 65.0 Å². The van der Waals surface area contributed by atoms with Crippen LogP contribution in [0.15, 0.2) is 42.5 Å². The first-order valence-corrected chi connectivity index (χ1v) is 9.93. The molecule has 1 aliphatic rings. The van der Waals surface area contributed by atoms with E-state index in [0.717, 1.165) is 38.0 Å². The molecule has 0 radical (unpaired) electrons. The summed E-state index contributed by atoms with van der Waals surface area (Å²) in [5.74, 6) is -0.125. The maximum atomic E-state index is 13.7. The topological polar surface area (TPSA) is 41.6 Å². The minimum atomic E-state index is -0.388. The van der Waals surface area contributed by atoms with Crippen LogP contribution in [0.3, 0.4) is 0 Å². The van der Waals surface area contributed by atoms with E-state index in [9.17, 15) is 9.18 Å². The summed E-state index contributed by atoms with van der Waals surface area (Å²) >= 11 is 0. The summed E-state index contributed by atoms with van der Waals surface area (Å²) in [5, 5.41) is 3.14. The zero-order valence-electron chi connectivity index (χ0n) is 16.7. The number of ether oxygens (including phenoxy) is 1. The Morgan fingerprint density at radius 1 is 1.18 bits per heavy atom. The van der Waals surface area contributed by atoms with Gasteiger partial charge in [-0.25, -0.2) is 4.39 Å². The maximum Gasteiger partial charge on any atom is 0.220 e. The molecule has 5 heteroatoms. The number of rotatable bonds is 7. The van der Waals surface area contributed by atoms with Gasteiger partial charge in [0.05, 0.1) is 7.11 Å². The summed E-state index contributed by atoms with van der Waals surface area (Å²) in [7, 11) is 1.44. The maximum absolute atomic E-state index is 13.7. The molecule has 3 rings (SSSR count). The van der Waals surface area contributed by atoms with E-state index in [2.05, 4.69) is 41.4 Å². The van der Waals surface area contributed by atoms with Crippen LogP contribution in [0, 0.1) is 12.7 Å². The SMILES string of the molecule is COc1ccc(CCC(=O)NC2CCN(Cc3cccc(C)c3)CC2)cc1F. The number of hydrogen-bond acceptors (Lipinski definition) is 3. The molecule has 1 fully saturated rings. The van der Waals surface area contributed by atoms with Crippen molar-refractivity contribution in [2.24, 2.45) is 0 Å². The van der Waals surface area contributed by atoms with Gasteiger partial charge >= 0.3 is 0 Å². The van der Waals surface area contributed by atoms with Crippen molar-refractivity contribution in [3.63, 3.8) is 0 Å². The van der Waals surface area contributed by atoms with Gasteiger partial charge in [0.25, 0.3) is 0 Å². The zero-order valence-corrected chi connectivity index (χ0v) is 16.7. The van der Waals surface area contributed by atoms with Crippen LogP contribution >= 0.6 is 0 Å². The van der Waals surface area contributed by atoms with Crippen LogP contribution in [0.1, 0.15) is 36.0 Å². The van der Waals surface area contributed by atoms with E-state index in [4.69, 9.17) is 4.74 Å². The van der Waals surface area contributed by atoms with Crippen LogP contribution in [-0.4, -0.2) is 37.0 Å². The van der Waals surface area contributed by atoms with Crippen LogP contribution in [-0.2, 0) is 17.8 Å². The van der Waals surface area contributed by atoms with Crippen molar-refractivity contribution in [1.29, 1.82) is 0 Å². The van der Waals surface area contributed by atoms with Gasteiger partial charge in [0.2, 0.25) is 5.91 Å². The molecule has 1 saturated heterocycles. The summed E-state index contributed by atoms with van der Waals surface area (Å²) in [4.78, 5) is 14.7. The van der Waals surface area contributed by atoms with Crippen molar-refractivity contribution in [1.82, 2.24) is 10.2 Å². The highest BCUT2D eigenvalue weighted by Crippen LogP contribution is 2.19. The van der Waals surface area contributed by atoms with Gasteiger partial charge in [-0.2, -0.15) is 0 Å². The summed E-state index contributed by atoms with van der Waals surface area (Å²) < 4.78 is 18.7. The van der Waals surface area contributed by atoms with Gasteiger partial charge in [0.1, 0.15) is 0 Å². The second-order valence-corrected chi connectivity index (χ2v) is 7.58. The quantitative estimate of drug-likeness (QED) is 0.788. The third-order valence-corrected chi connectivity index (χ3v) is 5.30. The number of benzene rings is 2. The molecule has 150 valence electrons. The molecule has 2 aromatic carbocycles. The van der Waals surface area contributed by atoms with E-state index in [1.165, 1.54) is 24.3 Å². The van der Waals surface area contributed by atoms with Gasteiger partial charge < -0.3 is 10.1 Å². The number of piperidine rings is 1. The van der Waals surface area contributed by atoms with Crippen LogP contribution < -0.4 is 10.1 Å². The standard InChI is InChI=1S/C23H29FN2O2/c1-17-4-3-5-19(14-17)16-26-12-10-20(11-13-26)25-23(27)9-7-18-6-8-22(28-2)21(24)15-18/h3-6,8,14-15,20H,7,9-13,16H2,1-2H3,(H,25,27). The summed E-state index contributed by atoms with van der Waals surface area (Å²) in [6, 6.07) is 13.7. The monoisotopic (exact) mass is 384 g/mol. The molecule has 0 bridgehead atoms. The second-order valence-electron chi connectivity index (χ2n) is 7.58. The smallest absolute Gasteiger partial charge is 0.220 e. The third kappa shape index (κ3) is 5.80. The van der Waals surface area contributed by atoms with Crippen molar-refractivity contribution < 1.29 is 13.9 Å². The number of carbonyl (C=O) groups is 1. The molecule has 28 heavy (non-hydrogen) atoms. The predicted octanol–water partition coefficient (Wildman–Crippen LogP) is 3.86. The predicted molar refractivity (Wildman–Crippen MR) is 109 cm³/mol. The molecule has 0 atom stereocenters. The van der Waals surface area contributed by atoms with E-state index in [1.807, 2.05) is 0 Å².